The van der Waals surface area contributed by atoms with Crippen LogP contribution in [-0.2, 0) is 24.4 Å². The molecule has 41 heavy (non-hydrogen) atoms. The molecule has 0 saturated heterocycles. The van der Waals surface area contributed by atoms with Crippen molar-refractivity contribution in [3.8, 4) is 0 Å². The van der Waals surface area contributed by atoms with Crippen molar-refractivity contribution in [1.29, 1.82) is 0 Å². The summed E-state index contributed by atoms with van der Waals surface area (Å²) in [6.45, 7) is 9.81. The normalized spacial score (nSPS) is 11.0. The summed E-state index contributed by atoms with van der Waals surface area (Å²) >= 11 is 0. The van der Waals surface area contributed by atoms with Gasteiger partial charge in [-0.25, -0.2) is 9.18 Å². The minimum Gasteiger partial charge on any atom is -0.345 e. The van der Waals surface area contributed by atoms with E-state index in [1.165, 1.54) is 12.1 Å². The molecule has 3 aromatic carbocycles. The lowest BCUT2D eigenvalue weighted by Crippen LogP contribution is -2.45. The molecule has 1 heterocycles. The molecule has 0 radical (unpaired) electrons. The first-order chi connectivity index (χ1) is 19.7. The third kappa shape index (κ3) is 8.30. The van der Waals surface area contributed by atoms with Crippen LogP contribution >= 0.6 is 0 Å². The van der Waals surface area contributed by atoms with Crippen LogP contribution in [0.4, 0.5) is 14.9 Å². The molecule has 6 nitrogen and oxygen atoms in total. The maximum atomic E-state index is 13.9. The Balaban J connectivity index is 1.55. The van der Waals surface area contributed by atoms with E-state index in [2.05, 4.69) is 9.88 Å². The number of carbonyl (C=O) groups is 2. The van der Waals surface area contributed by atoms with Gasteiger partial charge in [-0.3, -0.25) is 4.79 Å². The van der Waals surface area contributed by atoms with E-state index in [4.69, 9.17) is 0 Å². The van der Waals surface area contributed by atoms with Crippen LogP contribution in [0.3, 0.4) is 0 Å². The Kier molecular flexibility index (Phi) is 9.95. The van der Waals surface area contributed by atoms with Gasteiger partial charge in [0.25, 0.3) is 0 Å². The van der Waals surface area contributed by atoms with E-state index in [1.807, 2.05) is 94.6 Å². The number of aryl methyl sites for hydroxylation is 1. The van der Waals surface area contributed by atoms with E-state index < -0.39 is 0 Å². The second-order valence-corrected chi connectivity index (χ2v) is 10.9. The molecule has 1 N–H and O–H groups in total. The summed E-state index contributed by atoms with van der Waals surface area (Å²) in [4.78, 5) is 30.7. The number of amides is 3. The molecule has 0 saturated carbocycles. The molecule has 0 atom stereocenters. The second-order valence-electron chi connectivity index (χ2n) is 10.9. The number of rotatable bonds is 11. The van der Waals surface area contributed by atoms with Gasteiger partial charge in [0, 0.05) is 37.2 Å². The molecule has 1 aromatic heterocycles. The zero-order chi connectivity index (χ0) is 29.4. The van der Waals surface area contributed by atoms with Crippen molar-refractivity contribution in [3.05, 3.63) is 125 Å². The standard InChI is InChI=1S/C34H39FN4O2/c1-25(2)20-39(34(41)36-32-14-8-10-26(3)27(32)4)24-33(40)38(22-28-11-6-5-7-12-28)23-31-13-9-19-37(31)21-29-15-17-30(35)18-16-29/h5-19,25H,20-24H2,1-4H3,(H,36,41). The first-order valence-corrected chi connectivity index (χ1v) is 14.0. The first kappa shape index (κ1) is 29.6. The van der Waals surface area contributed by atoms with Gasteiger partial charge in [0.1, 0.15) is 12.4 Å². The average Bonchev–Trinajstić information content (AvgIpc) is 3.38. The van der Waals surface area contributed by atoms with Gasteiger partial charge in [-0.05, 0) is 72.4 Å². The van der Waals surface area contributed by atoms with E-state index in [1.54, 1.807) is 21.9 Å². The summed E-state index contributed by atoms with van der Waals surface area (Å²) in [5, 5.41) is 3.02. The van der Waals surface area contributed by atoms with Gasteiger partial charge >= 0.3 is 6.03 Å². The van der Waals surface area contributed by atoms with Gasteiger partial charge in [-0.1, -0.05) is 68.4 Å². The Morgan fingerprint density at radius 3 is 2.27 bits per heavy atom. The highest BCUT2D eigenvalue weighted by Gasteiger charge is 2.24. The van der Waals surface area contributed by atoms with E-state index in [0.717, 1.165) is 33.6 Å². The zero-order valence-electron chi connectivity index (χ0n) is 24.3. The van der Waals surface area contributed by atoms with Crippen molar-refractivity contribution in [2.24, 2.45) is 5.92 Å². The first-order valence-electron chi connectivity index (χ1n) is 14.0. The molecule has 4 rings (SSSR count). The van der Waals surface area contributed by atoms with Crippen molar-refractivity contribution < 1.29 is 14.0 Å². The SMILES string of the molecule is Cc1cccc(NC(=O)N(CC(=O)N(Cc2ccccc2)Cc2cccn2Cc2ccc(F)cc2)CC(C)C)c1C. The summed E-state index contributed by atoms with van der Waals surface area (Å²) in [5.74, 6) is -0.225. The lowest BCUT2D eigenvalue weighted by Gasteiger charge is -2.29. The molecule has 0 bridgehead atoms. The van der Waals surface area contributed by atoms with Crippen LogP contribution < -0.4 is 5.32 Å². The fourth-order valence-corrected chi connectivity index (χ4v) is 4.77. The molecule has 0 spiro atoms. The predicted octanol–water partition coefficient (Wildman–Crippen LogP) is 7.01. The minimum atomic E-state index is -0.292. The Labute approximate surface area is 242 Å². The number of benzene rings is 3. The number of nitrogens with one attached hydrogen (secondary N) is 1. The van der Waals surface area contributed by atoms with Crippen LogP contribution in [0.25, 0.3) is 0 Å². The fourth-order valence-electron chi connectivity index (χ4n) is 4.77. The lowest BCUT2D eigenvalue weighted by molar-refractivity contribution is -0.133. The van der Waals surface area contributed by atoms with Gasteiger partial charge in [0.2, 0.25) is 5.91 Å². The van der Waals surface area contributed by atoms with Gasteiger partial charge in [0.15, 0.2) is 0 Å². The Morgan fingerprint density at radius 1 is 0.829 bits per heavy atom. The smallest absolute Gasteiger partial charge is 0.322 e. The third-order valence-corrected chi connectivity index (χ3v) is 7.16. The van der Waals surface area contributed by atoms with Gasteiger partial charge in [-0.2, -0.15) is 0 Å². The van der Waals surface area contributed by atoms with Crippen LogP contribution in [0.15, 0.2) is 91.1 Å². The van der Waals surface area contributed by atoms with Crippen LogP contribution in [0.2, 0.25) is 0 Å². The summed E-state index contributed by atoms with van der Waals surface area (Å²) in [6, 6.07) is 25.8. The Morgan fingerprint density at radius 2 is 1.56 bits per heavy atom. The van der Waals surface area contributed by atoms with E-state index in [-0.39, 0.29) is 30.2 Å². The van der Waals surface area contributed by atoms with E-state index >= 15 is 0 Å². The molecule has 0 aliphatic heterocycles. The average molecular weight is 555 g/mol. The zero-order valence-corrected chi connectivity index (χ0v) is 24.3. The number of anilines is 1. The number of aromatic nitrogens is 1. The summed E-state index contributed by atoms with van der Waals surface area (Å²) in [7, 11) is 0. The molecule has 0 fully saturated rings. The molecular formula is C34H39FN4O2. The molecule has 214 valence electrons. The Bertz CT molecular complexity index is 1450. The van der Waals surface area contributed by atoms with Crippen molar-refractivity contribution in [2.45, 2.75) is 47.3 Å². The second kappa shape index (κ2) is 13.8. The van der Waals surface area contributed by atoms with Crippen LogP contribution in [0.1, 0.15) is 41.8 Å². The fraction of sp³-hybridized carbons (Fsp3) is 0.294. The lowest BCUT2D eigenvalue weighted by atomic mass is 10.1. The number of nitrogens with zero attached hydrogens (tertiary/aromatic N) is 3. The minimum absolute atomic E-state index is 0.0413. The van der Waals surface area contributed by atoms with Crippen LogP contribution in [0.5, 0.6) is 0 Å². The van der Waals surface area contributed by atoms with Gasteiger partial charge in [0.05, 0.1) is 6.54 Å². The quantitative estimate of drug-likeness (QED) is 0.217. The Hall–Kier alpha value is -4.39. The van der Waals surface area contributed by atoms with E-state index in [9.17, 15) is 14.0 Å². The van der Waals surface area contributed by atoms with Crippen LogP contribution in [0, 0.1) is 25.6 Å². The van der Waals surface area contributed by atoms with Crippen molar-refractivity contribution in [2.75, 3.05) is 18.4 Å². The maximum absolute atomic E-state index is 13.9. The highest BCUT2D eigenvalue weighted by molar-refractivity contribution is 5.93. The molecule has 0 aliphatic carbocycles. The number of halogens is 1. The summed E-state index contributed by atoms with van der Waals surface area (Å²) < 4.78 is 15.5. The summed E-state index contributed by atoms with van der Waals surface area (Å²) in [6.07, 6.45) is 1.96. The van der Waals surface area contributed by atoms with Crippen molar-refractivity contribution in [3.63, 3.8) is 0 Å². The largest absolute Gasteiger partial charge is 0.345 e. The molecular weight excluding hydrogens is 515 g/mol. The topological polar surface area (TPSA) is 57.6 Å². The van der Waals surface area contributed by atoms with Crippen molar-refractivity contribution >= 4 is 17.6 Å². The van der Waals surface area contributed by atoms with Gasteiger partial charge < -0.3 is 19.7 Å². The maximum Gasteiger partial charge on any atom is 0.322 e. The highest BCUT2D eigenvalue weighted by atomic mass is 19.1. The number of carbonyl (C=O) groups excluding carboxylic acids is 2. The highest BCUT2D eigenvalue weighted by Crippen LogP contribution is 2.19. The molecule has 7 heteroatoms. The number of urea groups is 1. The molecule has 4 aromatic rings. The third-order valence-electron chi connectivity index (χ3n) is 7.16. The van der Waals surface area contributed by atoms with Crippen LogP contribution in [-0.4, -0.2) is 39.4 Å². The summed E-state index contributed by atoms with van der Waals surface area (Å²) in [5.41, 5.74) is 5.77. The van der Waals surface area contributed by atoms with Crippen molar-refractivity contribution in [1.82, 2.24) is 14.4 Å². The molecule has 0 unspecified atom stereocenters. The number of hydrogen-bond acceptors (Lipinski definition) is 2. The molecule has 0 aliphatic rings. The predicted molar refractivity (Wildman–Crippen MR) is 162 cm³/mol. The molecule has 3 amide bonds. The van der Waals surface area contributed by atoms with E-state index in [0.29, 0.717) is 26.2 Å². The van der Waals surface area contributed by atoms with Gasteiger partial charge in [-0.15, -0.1) is 0 Å². The number of hydrogen-bond donors (Lipinski definition) is 1. The monoisotopic (exact) mass is 554 g/mol.